The first-order valence-corrected chi connectivity index (χ1v) is 17.7. The molecule has 2 N–H and O–H groups in total. The van der Waals surface area contributed by atoms with Crippen LogP contribution in [-0.4, -0.2) is 79.4 Å². The molecule has 1 fully saturated rings. The summed E-state index contributed by atoms with van der Waals surface area (Å²) < 4.78 is 18.7. The van der Waals surface area contributed by atoms with Crippen LogP contribution in [0.4, 0.5) is 0 Å². The number of nitrogens with one attached hydrogen (secondary N) is 1. The van der Waals surface area contributed by atoms with E-state index in [1.54, 1.807) is 12.3 Å². The third kappa shape index (κ3) is 10.9. The largest absolute Gasteiger partial charge is 0.494 e. The molecule has 10 heteroatoms. The van der Waals surface area contributed by atoms with Crippen LogP contribution in [0.5, 0.6) is 17.2 Å². The first-order valence-electron chi connectivity index (χ1n) is 17.3. The third-order valence-electron chi connectivity index (χ3n) is 8.82. The molecule has 9 nitrogen and oxygen atoms in total. The normalized spacial score (nSPS) is 14.5. The molecule has 1 unspecified atom stereocenters. The molecule has 0 bridgehead atoms. The summed E-state index contributed by atoms with van der Waals surface area (Å²) in [5.41, 5.74) is 6.57. The van der Waals surface area contributed by atoms with Crippen LogP contribution in [0.2, 0.25) is 5.02 Å². The number of hydrogen-bond donors (Lipinski definition) is 2. The topological polar surface area (TPSA) is 103 Å². The molecule has 0 aliphatic carbocycles. The molecular formula is C40H48ClN5O4. The van der Waals surface area contributed by atoms with Gasteiger partial charge in [-0.1, -0.05) is 41.9 Å². The number of nitriles is 1. The van der Waals surface area contributed by atoms with Crippen LogP contribution in [-0.2, 0) is 19.8 Å². The van der Waals surface area contributed by atoms with Gasteiger partial charge in [0.2, 0.25) is 0 Å². The number of aliphatic hydroxyl groups excluding tert-OH is 1. The van der Waals surface area contributed by atoms with Crippen molar-refractivity contribution in [2.45, 2.75) is 52.0 Å². The second-order valence-electron chi connectivity index (χ2n) is 13.1. The van der Waals surface area contributed by atoms with Crippen LogP contribution in [0.3, 0.4) is 0 Å². The molecule has 264 valence electrons. The van der Waals surface area contributed by atoms with Crippen molar-refractivity contribution in [2.24, 2.45) is 0 Å². The molecule has 2 heterocycles. The molecule has 0 radical (unpaired) electrons. The van der Waals surface area contributed by atoms with Crippen LogP contribution in [0.1, 0.15) is 47.1 Å². The van der Waals surface area contributed by atoms with Gasteiger partial charge in [-0.25, -0.2) is 0 Å². The van der Waals surface area contributed by atoms with Crippen molar-refractivity contribution in [3.8, 4) is 34.4 Å². The van der Waals surface area contributed by atoms with Gasteiger partial charge in [-0.15, -0.1) is 0 Å². The van der Waals surface area contributed by atoms with Crippen molar-refractivity contribution in [3.05, 3.63) is 106 Å². The Morgan fingerprint density at radius 3 is 2.64 bits per heavy atom. The number of ether oxygens (including phenoxy) is 3. The second-order valence-corrected chi connectivity index (χ2v) is 13.5. The first kappa shape index (κ1) is 37.1. The van der Waals surface area contributed by atoms with Crippen LogP contribution < -0.4 is 19.5 Å². The van der Waals surface area contributed by atoms with Gasteiger partial charge in [-0.2, -0.15) is 5.26 Å². The van der Waals surface area contributed by atoms with E-state index < -0.39 is 0 Å². The number of aliphatic hydroxyl groups is 1. The Labute approximate surface area is 301 Å². The fourth-order valence-corrected chi connectivity index (χ4v) is 6.29. The van der Waals surface area contributed by atoms with Gasteiger partial charge in [0.15, 0.2) is 0 Å². The number of hydrogen-bond acceptors (Lipinski definition) is 9. The molecule has 1 atom stereocenters. The fourth-order valence-electron chi connectivity index (χ4n) is 6.05. The van der Waals surface area contributed by atoms with E-state index in [0.717, 1.165) is 91.1 Å². The maximum absolute atomic E-state index is 9.76. The Hall–Kier alpha value is -4.17. The summed E-state index contributed by atoms with van der Waals surface area (Å²) in [6, 6.07) is 22.1. The smallest absolute Gasteiger partial charge is 0.142 e. The summed E-state index contributed by atoms with van der Waals surface area (Å²) in [6.45, 7) is 8.41. The molecule has 0 saturated carbocycles. The van der Waals surface area contributed by atoms with E-state index in [4.69, 9.17) is 25.8 Å². The maximum Gasteiger partial charge on any atom is 0.142 e. The minimum atomic E-state index is -0.195. The minimum absolute atomic E-state index is 0.195. The Bertz CT molecular complexity index is 1740. The van der Waals surface area contributed by atoms with Crippen molar-refractivity contribution < 1.29 is 19.3 Å². The van der Waals surface area contributed by atoms with Crippen molar-refractivity contribution in [1.29, 1.82) is 5.26 Å². The van der Waals surface area contributed by atoms with Crippen LogP contribution in [0, 0.1) is 18.3 Å². The average Bonchev–Trinajstić information content (AvgIpc) is 3.54. The van der Waals surface area contributed by atoms with Gasteiger partial charge in [0.05, 0.1) is 23.3 Å². The highest BCUT2D eigenvalue weighted by atomic mass is 35.5. The lowest BCUT2D eigenvalue weighted by Gasteiger charge is -2.18. The number of aromatic nitrogens is 1. The highest BCUT2D eigenvalue weighted by molar-refractivity contribution is 6.32. The van der Waals surface area contributed by atoms with Gasteiger partial charge in [0.1, 0.15) is 36.5 Å². The van der Waals surface area contributed by atoms with E-state index in [1.807, 2.05) is 30.3 Å². The second kappa shape index (κ2) is 18.7. The summed E-state index contributed by atoms with van der Waals surface area (Å²) >= 11 is 6.80. The molecule has 0 amide bonds. The zero-order valence-electron chi connectivity index (χ0n) is 29.3. The Morgan fingerprint density at radius 1 is 1.00 bits per heavy atom. The Balaban J connectivity index is 1.25. The van der Waals surface area contributed by atoms with Crippen LogP contribution in [0.25, 0.3) is 11.1 Å². The fraction of sp³-hybridized carbons (Fsp3) is 0.400. The number of likely N-dealkylation sites (tertiary alicyclic amines) is 1. The first-order chi connectivity index (χ1) is 24.3. The molecule has 1 saturated heterocycles. The monoisotopic (exact) mass is 697 g/mol. The lowest BCUT2D eigenvalue weighted by atomic mass is 9.96. The number of nitrogens with zero attached hydrogens (tertiary/aromatic N) is 4. The van der Waals surface area contributed by atoms with E-state index in [-0.39, 0.29) is 12.7 Å². The average molecular weight is 698 g/mol. The highest BCUT2D eigenvalue weighted by Crippen LogP contribution is 2.35. The van der Waals surface area contributed by atoms with E-state index in [2.05, 4.69) is 71.5 Å². The lowest BCUT2D eigenvalue weighted by molar-refractivity contribution is 0.173. The summed E-state index contributed by atoms with van der Waals surface area (Å²) in [6.07, 6.45) is 5.83. The van der Waals surface area contributed by atoms with Crippen LogP contribution in [0.15, 0.2) is 73.1 Å². The molecule has 5 rings (SSSR count). The summed E-state index contributed by atoms with van der Waals surface area (Å²) in [5.74, 6) is 2.03. The third-order valence-corrected chi connectivity index (χ3v) is 9.11. The highest BCUT2D eigenvalue weighted by Gasteiger charge is 2.19. The number of rotatable bonds is 18. The quantitative estimate of drug-likeness (QED) is 0.111. The lowest BCUT2D eigenvalue weighted by Crippen LogP contribution is -2.24. The predicted octanol–water partition coefficient (Wildman–Crippen LogP) is 6.62. The van der Waals surface area contributed by atoms with E-state index in [9.17, 15) is 10.4 Å². The Morgan fingerprint density at radius 2 is 1.84 bits per heavy atom. The van der Waals surface area contributed by atoms with Crippen molar-refractivity contribution >= 4 is 11.6 Å². The van der Waals surface area contributed by atoms with E-state index >= 15 is 0 Å². The van der Waals surface area contributed by atoms with Gasteiger partial charge >= 0.3 is 0 Å². The predicted molar refractivity (Wildman–Crippen MR) is 198 cm³/mol. The molecule has 1 aliphatic heterocycles. The van der Waals surface area contributed by atoms with Crippen molar-refractivity contribution in [1.82, 2.24) is 20.1 Å². The molecular weight excluding hydrogens is 650 g/mol. The van der Waals surface area contributed by atoms with Gasteiger partial charge in [-0.05, 0) is 99.9 Å². The van der Waals surface area contributed by atoms with E-state index in [0.29, 0.717) is 41.8 Å². The summed E-state index contributed by atoms with van der Waals surface area (Å²) in [7, 11) is 4.14. The summed E-state index contributed by atoms with van der Waals surface area (Å²) in [4.78, 5) is 8.62. The molecule has 0 spiro atoms. The zero-order chi connectivity index (χ0) is 35.3. The Kier molecular flexibility index (Phi) is 13.9. The minimum Gasteiger partial charge on any atom is -0.494 e. The van der Waals surface area contributed by atoms with Gasteiger partial charge in [0, 0.05) is 55.8 Å². The van der Waals surface area contributed by atoms with Gasteiger partial charge in [0.25, 0.3) is 0 Å². The standard InChI is InChI=1S/C40H48ClN5O4/c1-29-33(9-5-11-37(29)32-8-4-10-36(19-32)48-17-7-15-46-16-12-35(47)26-46)28-50-40-21-39(49-27-31-18-30(22-42)23-44-24-31)34(20-38(40)41)25-43-13-6-14-45(2)3/h4-5,8-11,18-21,23-24,35,43,47H,6-7,12-17,25-28H2,1-3H3. The number of β-amino-alcohol motifs (C(OH)–C–C–N with tert-alkyl or cyclic N) is 1. The maximum atomic E-state index is 9.76. The SMILES string of the molecule is Cc1c(COc2cc(OCc3cncc(C#N)c3)c(CNCCCN(C)C)cc2Cl)cccc1-c1cccc(OCCCN2CCC(O)C2)c1. The van der Waals surface area contributed by atoms with Gasteiger partial charge < -0.3 is 34.4 Å². The van der Waals surface area contributed by atoms with Crippen LogP contribution >= 0.6 is 11.6 Å². The van der Waals surface area contributed by atoms with Crippen molar-refractivity contribution in [2.75, 3.05) is 53.4 Å². The number of benzene rings is 3. The molecule has 3 aromatic carbocycles. The molecule has 50 heavy (non-hydrogen) atoms. The van der Waals surface area contributed by atoms with Gasteiger partial charge in [-0.3, -0.25) is 4.98 Å². The number of pyridine rings is 1. The van der Waals surface area contributed by atoms with Crippen molar-refractivity contribution in [3.63, 3.8) is 0 Å². The molecule has 1 aromatic heterocycles. The molecule has 1 aliphatic rings. The summed E-state index contributed by atoms with van der Waals surface area (Å²) in [5, 5.41) is 23.1. The van der Waals surface area contributed by atoms with E-state index in [1.165, 1.54) is 6.20 Å². The molecule has 4 aromatic rings. The zero-order valence-corrected chi connectivity index (χ0v) is 30.1. The number of halogens is 1.